The molecular formula is C15H19N3S. The zero-order valence-electron chi connectivity index (χ0n) is 11.6. The Kier molecular flexibility index (Phi) is 6.09. The second kappa shape index (κ2) is 7.59. The van der Waals surface area contributed by atoms with Gasteiger partial charge in [-0.25, -0.2) is 9.98 Å². The third-order valence-electron chi connectivity index (χ3n) is 2.39. The van der Waals surface area contributed by atoms with Gasteiger partial charge in [0.1, 0.15) is 11.7 Å². The first-order valence-electron chi connectivity index (χ1n) is 5.98. The highest BCUT2D eigenvalue weighted by Crippen LogP contribution is 2.37. The fourth-order valence-corrected chi connectivity index (χ4v) is 2.53. The lowest BCUT2D eigenvalue weighted by molar-refractivity contribution is 0.616. The van der Waals surface area contributed by atoms with Crippen LogP contribution in [0.3, 0.4) is 0 Å². The summed E-state index contributed by atoms with van der Waals surface area (Å²) in [6.07, 6.45) is 10.9. The van der Waals surface area contributed by atoms with Crippen LogP contribution >= 0.6 is 11.8 Å². The lowest BCUT2D eigenvalue weighted by Gasteiger charge is -2.29. The average molecular weight is 273 g/mol. The molecule has 0 aromatic carbocycles. The first-order chi connectivity index (χ1) is 9.19. The minimum atomic E-state index is 0.828. The Bertz CT molecular complexity index is 507. The predicted molar refractivity (Wildman–Crippen MR) is 87.3 cm³/mol. The summed E-state index contributed by atoms with van der Waals surface area (Å²) in [5.41, 5.74) is 0. The molecule has 1 aliphatic rings. The van der Waals surface area contributed by atoms with Gasteiger partial charge in [0.25, 0.3) is 0 Å². The van der Waals surface area contributed by atoms with Crippen LogP contribution < -0.4 is 0 Å². The first kappa shape index (κ1) is 15.2. The summed E-state index contributed by atoms with van der Waals surface area (Å²) >= 11 is 1.62. The van der Waals surface area contributed by atoms with Crippen molar-refractivity contribution in [3.8, 4) is 0 Å². The van der Waals surface area contributed by atoms with E-state index in [2.05, 4.69) is 23.1 Å². The third-order valence-corrected chi connectivity index (χ3v) is 3.60. The van der Waals surface area contributed by atoms with Crippen LogP contribution in [0, 0.1) is 0 Å². The third kappa shape index (κ3) is 3.58. The van der Waals surface area contributed by atoms with Gasteiger partial charge in [0.2, 0.25) is 0 Å². The van der Waals surface area contributed by atoms with Gasteiger partial charge >= 0.3 is 0 Å². The second-order valence-electron chi connectivity index (χ2n) is 3.65. The molecule has 0 amide bonds. The molecule has 1 heterocycles. The number of allylic oxidation sites excluding steroid dienone is 4. The van der Waals surface area contributed by atoms with E-state index in [9.17, 15) is 0 Å². The Labute approximate surface area is 119 Å². The van der Waals surface area contributed by atoms with E-state index in [0.717, 1.165) is 21.5 Å². The highest BCUT2D eigenvalue weighted by molar-refractivity contribution is 8.07. The number of nitrogens with zero attached hydrogens (tertiary/aromatic N) is 3. The quantitative estimate of drug-likeness (QED) is 0.721. The number of hydrogen-bond acceptors (Lipinski definition) is 3. The van der Waals surface area contributed by atoms with E-state index in [1.807, 2.05) is 44.0 Å². The molecule has 0 unspecified atom stereocenters. The SMILES string of the molecule is C=CC=NC1=C(C=C)SC(=C/C)/C(=N\C=C/C)N1C. The summed E-state index contributed by atoms with van der Waals surface area (Å²) in [6.45, 7) is 11.4. The van der Waals surface area contributed by atoms with Gasteiger partial charge in [0.15, 0.2) is 0 Å². The van der Waals surface area contributed by atoms with Gasteiger partial charge < -0.3 is 4.90 Å². The van der Waals surface area contributed by atoms with Crippen molar-refractivity contribution in [1.29, 1.82) is 0 Å². The van der Waals surface area contributed by atoms with Crippen molar-refractivity contribution < 1.29 is 0 Å². The molecule has 0 spiro atoms. The zero-order chi connectivity index (χ0) is 14.3. The van der Waals surface area contributed by atoms with Crippen molar-refractivity contribution in [2.45, 2.75) is 13.8 Å². The van der Waals surface area contributed by atoms with Crippen LogP contribution in [0.2, 0.25) is 0 Å². The molecule has 4 heteroatoms. The highest BCUT2D eigenvalue weighted by Gasteiger charge is 2.24. The molecular weight excluding hydrogens is 254 g/mol. The Morgan fingerprint density at radius 2 is 2.00 bits per heavy atom. The molecule has 0 aliphatic carbocycles. The summed E-state index contributed by atoms with van der Waals surface area (Å²) in [7, 11) is 1.95. The number of thioether (sulfide) groups is 1. The maximum Gasteiger partial charge on any atom is 0.147 e. The van der Waals surface area contributed by atoms with E-state index in [4.69, 9.17) is 0 Å². The Morgan fingerprint density at radius 3 is 2.53 bits per heavy atom. The minimum absolute atomic E-state index is 0.828. The fourth-order valence-electron chi connectivity index (χ4n) is 1.53. The van der Waals surface area contributed by atoms with E-state index in [1.54, 1.807) is 30.3 Å². The van der Waals surface area contributed by atoms with Crippen molar-refractivity contribution >= 4 is 23.8 Å². The molecule has 0 aromatic heterocycles. The van der Waals surface area contributed by atoms with Crippen molar-refractivity contribution in [2.75, 3.05) is 7.05 Å². The van der Waals surface area contributed by atoms with Gasteiger partial charge in [0.05, 0.1) is 9.81 Å². The Morgan fingerprint density at radius 1 is 1.26 bits per heavy atom. The van der Waals surface area contributed by atoms with Crippen LogP contribution in [-0.4, -0.2) is 24.0 Å². The van der Waals surface area contributed by atoms with Crippen LogP contribution in [0.5, 0.6) is 0 Å². The summed E-state index contributed by atoms with van der Waals surface area (Å²) in [5, 5.41) is 0. The molecule has 19 heavy (non-hydrogen) atoms. The lowest BCUT2D eigenvalue weighted by atomic mass is 10.3. The fraction of sp³-hybridized carbons (Fsp3) is 0.200. The Balaban J connectivity index is 3.34. The van der Waals surface area contributed by atoms with Gasteiger partial charge in [0, 0.05) is 19.5 Å². The molecule has 0 saturated heterocycles. The monoisotopic (exact) mass is 273 g/mol. The van der Waals surface area contributed by atoms with E-state index < -0.39 is 0 Å². The molecule has 100 valence electrons. The summed E-state index contributed by atoms with van der Waals surface area (Å²) in [4.78, 5) is 12.9. The van der Waals surface area contributed by atoms with Crippen LogP contribution in [0.4, 0.5) is 0 Å². The topological polar surface area (TPSA) is 28.0 Å². The highest BCUT2D eigenvalue weighted by atomic mass is 32.2. The standard InChI is InChI=1S/C15H19N3S/c1-6-10-16-14-12(8-3)19-13(9-4)15(18(14)5)17-11-7-2/h6-11H,1,3H2,2,4-5H3/b11-7-,13-9+,16-10?,17-15+. The summed E-state index contributed by atoms with van der Waals surface area (Å²) < 4.78 is 0. The number of hydrogen-bond donors (Lipinski definition) is 0. The van der Waals surface area contributed by atoms with Gasteiger partial charge in [-0.15, -0.1) is 0 Å². The average Bonchev–Trinajstić information content (AvgIpc) is 2.44. The molecule has 1 rings (SSSR count). The largest absolute Gasteiger partial charge is 0.312 e. The van der Waals surface area contributed by atoms with E-state index in [-0.39, 0.29) is 0 Å². The van der Waals surface area contributed by atoms with Crippen LogP contribution in [0.25, 0.3) is 0 Å². The zero-order valence-corrected chi connectivity index (χ0v) is 12.4. The van der Waals surface area contributed by atoms with E-state index in [0.29, 0.717) is 0 Å². The van der Waals surface area contributed by atoms with Crippen molar-refractivity contribution in [1.82, 2.24) is 4.90 Å². The van der Waals surface area contributed by atoms with Crippen molar-refractivity contribution in [2.24, 2.45) is 9.98 Å². The molecule has 3 nitrogen and oxygen atoms in total. The van der Waals surface area contributed by atoms with Crippen LogP contribution in [-0.2, 0) is 0 Å². The second-order valence-corrected chi connectivity index (χ2v) is 4.74. The minimum Gasteiger partial charge on any atom is -0.312 e. The van der Waals surface area contributed by atoms with Gasteiger partial charge in [-0.1, -0.05) is 49.2 Å². The normalized spacial score (nSPS) is 21.1. The molecule has 0 fully saturated rings. The van der Waals surface area contributed by atoms with Gasteiger partial charge in [-0.05, 0) is 13.8 Å². The first-order valence-corrected chi connectivity index (χ1v) is 6.80. The predicted octanol–water partition coefficient (Wildman–Crippen LogP) is 4.11. The summed E-state index contributed by atoms with van der Waals surface area (Å²) in [5.74, 6) is 1.71. The number of amidine groups is 1. The van der Waals surface area contributed by atoms with Crippen LogP contribution in [0.1, 0.15) is 13.8 Å². The number of rotatable bonds is 4. The Hall–Kier alpha value is -1.81. The van der Waals surface area contributed by atoms with Gasteiger partial charge in [-0.2, -0.15) is 0 Å². The molecule has 0 atom stereocenters. The molecule has 0 bridgehead atoms. The molecule has 1 aliphatic heterocycles. The van der Waals surface area contributed by atoms with E-state index in [1.165, 1.54) is 0 Å². The van der Waals surface area contributed by atoms with Crippen molar-refractivity contribution in [3.05, 3.63) is 59.3 Å². The molecule has 0 N–H and O–H groups in total. The van der Waals surface area contributed by atoms with Crippen molar-refractivity contribution in [3.63, 3.8) is 0 Å². The molecule has 0 saturated carbocycles. The number of likely N-dealkylation sites (N-methyl/N-ethyl adjacent to an activating group) is 1. The van der Waals surface area contributed by atoms with Crippen LogP contribution in [0.15, 0.2) is 69.3 Å². The maximum atomic E-state index is 4.47. The molecule has 0 aromatic rings. The lowest BCUT2D eigenvalue weighted by Crippen LogP contribution is -2.30. The van der Waals surface area contributed by atoms with E-state index >= 15 is 0 Å². The number of aliphatic imine (C=N–C) groups is 2. The van der Waals surface area contributed by atoms with Gasteiger partial charge in [-0.3, -0.25) is 0 Å². The maximum absolute atomic E-state index is 4.47. The summed E-state index contributed by atoms with van der Waals surface area (Å²) in [6, 6.07) is 0. The smallest absolute Gasteiger partial charge is 0.147 e. The molecule has 0 radical (unpaired) electrons.